The Kier molecular flexibility index (Phi) is 4.21. The zero-order valence-corrected chi connectivity index (χ0v) is 12.7. The Bertz CT molecular complexity index is 562. The molecule has 0 amide bonds. The van der Waals surface area contributed by atoms with Gasteiger partial charge in [-0.15, -0.1) is 11.3 Å². The Morgan fingerprint density at radius 1 is 1.42 bits per heavy atom. The number of hydrogen-bond donors (Lipinski definition) is 0. The maximum Gasteiger partial charge on any atom is 0.163 e. The highest BCUT2D eigenvalue weighted by atomic mass is 32.1. The summed E-state index contributed by atoms with van der Waals surface area (Å²) in [5, 5.41) is 7.30. The third-order valence-electron chi connectivity index (χ3n) is 3.08. The van der Waals surface area contributed by atoms with E-state index in [0.717, 1.165) is 27.8 Å². The predicted molar refractivity (Wildman–Crippen MR) is 74.6 cm³/mol. The van der Waals surface area contributed by atoms with E-state index in [-0.39, 0.29) is 6.10 Å². The van der Waals surface area contributed by atoms with Crippen LogP contribution in [0.2, 0.25) is 0 Å². The van der Waals surface area contributed by atoms with E-state index in [9.17, 15) is 0 Å². The summed E-state index contributed by atoms with van der Waals surface area (Å²) >= 11 is 1.59. The van der Waals surface area contributed by atoms with Crippen LogP contribution in [0.3, 0.4) is 0 Å². The van der Waals surface area contributed by atoms with Crippen molar-refractivity contribution in [3.8, 4) is 5.75 Å². The molecule has 2 heterocycles. The van der Waals surface area contributed by atoms with Crippen LogP contribution in [-0.2, 0) is 18.4 Å². The number of aryl methyl sites for hydroxylation is 2. The van der Waals surface area contributed by atoms with E-state index in [4.69, 9.17) is 9.47 Å². The van der Waals surface area contributed by atoms with Crippen LogP contribution in [0, 0.1) is 13.8 Å². The molecule has 5 nitrogen and oxygen atoms in total. The van der Waals surface area contributed by atoms with Crippen LogP contribution in [0.1, 0.15) is 35.1 Å². The number of hydrogen-bond acceptors (Lipinski definition) is 5. The van der Waals surface area contributed by atoms with Gasteiger partial charge < -0.3 is 9.47 Å². The number of rotatable bonds is 5. The zero-order valence-electron chi connectivity index (χ0n) is 11.9. The summed E-state index contributed by atoms with van der Waals surface area (Å²) in [6, 6.07) is 0. The first-order chi connectivity index (χ1) is 9.02. The SMILES string of the molecule is COC(C)c1nc(COc2c(C)nn(C)c2C)cs1. The Labute approximate surface area is 117 Å². The van der Waals surface area contributed by atoms with E-state index in [0.29, 0.717) is 6.61 Å². The average molecular weight is 281 g/mol. The molecule has 2 aromatic rings. The molecule has 19 heavy (non-hydrogen) atoms. The Morgan fingerprint density at radius 2 is 2.16 bits per heavy atom. The van der Waals surface area contributed by atoms with Crippen molar-refractivity contribution < 1.29 is 9.47 Å². The summed E-state index contributed by atoms with van der Waals surface area (Å²) < 4.78 is 12.9. The first kappa shape index (κ1) is 14.0. The first-order valence-corrected chi connectivity index (χ1v) is 7.01. The van der Waals surface area contributed by atoms with E-state index >= 15 is 0 Å². The maximum atomic E-state index is 5.82. The maximum absolute atomic E-state index is 5.82. The molecule has 0 saturated heterocycles. The van der Waals surface area contributed by atoms with E-state index < -0.39 is 0 Å². The van der Waals surface area contributed by atoms with E-state index in [1.165, 1.54) is 0 Å². The molecule has 0 radical (unpaired) electrons. The second-order valence-corrected chi connectivity index (χ2v) is 5.36. The first-order valence-electron chi connectivity index (χ1n) is 6.13. The minimum Gasteiger partial charge on any atom is -0.483 e. The number of ether oxygens (including phenoxy) is 2. The van der Waals surface area contributed by atoms with Crippen molar-refractivity contribution in [1.82, 2.24) is 14.8 Å². The Morgan fingerprint density at radius 3 is 2.74 bits per heavy atom. The number of methoxy groups -OCH3 is 1. The van der Waals surface area contributed by atoms with Gasteiger partial charge in [0, 0.05) is 19.5 Å². The lowest BCUT2D eigenvalue weighted by atomic mass is 10.3. The second-order valence-electron chi connectivity index (χ2n) is 4.47. The van der Waals surface area contributed by atoms with E-state index in [1.807, 2.05) is 37.9 Å². The van der Waals surface area contributed by atoms with Crippen molar-refractivity contribution in [3.05, 3.63) is 27.5 Å². The normalized spacial score (nSPS) is 12.7. The second kappa shape index (κ2) is 5.71. The molecular weight excluding hydrogens is 262 g/mol. The molecule has 0 fully saturated rings. The van der Waals surface area contributed by atoms with Gasteiger partial charge in [-0.1, -0.05) is 0 Å². The molecule has 0 aromatic carbocycles. The van der Waals surface area contributed by atoms with Crippen LogP contribution >= 0.6 is 11.3 Å². The fourth-order valence-corrected chi connectivity index (χ4v) is 2.62. The van der Waals surface area contributed by atoms with Gasteiger partial charge >= 0.3 is 0 Å². The van der Waals surface area contributed by atoms with E-state index in [1.54, 1.807) is 18.4 Å². The smallest absolute Gasteiger partial charge is 0.163 e. The van der Waals surface area contributed by atoms with Crippen molar-refractivity contribution in [1.29, 1.82) is 0 Å². The minimum absolute atomic E-state index is 0.0283. The molecule has 0 aliphatic carbocycles. The summed E-state index contributed by atoms with van der Waals surface area (Å²) in [5.41, 5.74) is 2.85. The standard InChI is InChI=1S/C13H19N3O2S/c1-8-12(9(2)16(4)15-8)18-6-11-7-19-13(14-11)10(3)17-5/h7,10H,6H2,1-5H3. The summed E-state index contributed by atoms with van der Waals surface area (Å²) in [4.78, 5) is 4.50. The third-order valence-corrected chi connectivity index (χ3v) is 4.13. The highest BCUT2D eigenvalue weighted by Crippen LogP contribution is 2.24. The lowest BCUT2D eigenvalue weighted by Gasteiger charge is -2.05. The number of aromatic nitrogens is 3. The van der Waals surface area contributed by atoms with Crippen molar-refractivity contribution >= 4 is 11.3 Å². The van der Waals surface area contributed by atoms with Gasteiger partial charge in [0.25, 0.3) is 0 Å². The lowest BCUT2D eigenvalue weighted by molar-refractivity contribution is 0.119. The Hall–Kier alpha value is -1.40. The number of nitrogens with zero attached hydrogens (tertiary/aromatic N) is 3. The van der Waals surface area contributed by atoms with Gasteiger partial charge in [-0.25, -0.2) is 4.98 Å². The largest absolute Gasteiger partial charge is 0.483 e. The van der Waals surface area contributed by atoms with Crippen molar-refractivity contribution in [2.24, 2.45) is 7.05 Å². The van der Waals surface area contributed by atoms with Crippen LogP contribution in [0.5, 0.6) is 5.75 Å². The summed E-state index contributed by atoms with van der Waals surface area (Å²) in [6.45, 7) is 6.38. The highest BCUT2D eigenvalue weighted by molar-refractivity contribution is 7.09. The molecular formula is C13H19N3O2S. The Balaban J connectivity index is 2.04. The average Bonchev–Trinajstić information content (AvgIpc) is 2.94. The van der Waals surface area contributed by atoms with Gasteiger partial charge in [0.15, 0.2) is 5.75 Å². The lowest BCUT2D eigenvalue weighted by Crippen LogP contribution is -2.00. The molecule has 2 aromatic heterocycles. The number of thiazole rings is 1. The summed E-state index contributed by atoms with van der Waals surface area (Å²) in [5.74, 6) is 0.844. The predicted octanol–water partition coefficient (Wildman–Crippen LogP) is 2.78. The quantitative estimate of drug-likeness (QED) is 0.845. The molecule has 0 aliphatic rings. The van der Waals surface area contributed by atoms with Crippen LogP contribution in [0.15, 0.2) is 5.38 Å². The highest BCUT2D eigenvalue weighted by Gasteiger charge is 2.13. The molecule has 1 unspecified atom stereocenters. The summed E-state index contributed by atoms with van der Waals surface area (Å²) in [6.07, 6.45) is 0.0283. The molecule has 0 bridgehead atoms. The minimum atomic E-state index is 0.0283. The van der Waals surface area contributed by atoms with Crippen LogP contribution in [0.25, 0.3) is 0 Å². The van der Waals surface area contributed by atoms with Crippen LogP contribution in [0.4, 0.5) is 0 Å². The van der Waals surface area contributed by atoms with Crippen molar-refractivity contribution in [3.63, 3.8) is 0 Å². The molecule has 0 spiro atoms. The molecule has 0 aliphatic heterocycles. The molecule has 6 heteroatoms. The molecule has 2 rings (SSSR count). The van der Waals surface area contributed by atoms with Gasteiger partial charge in [0.2, 0.25) is 0 Å². The fourth-order valence-electron chi connectivity index (χ4n) is 1.79. The van der Waals surface area contributed by atoms with Crippen molar-refractivity contribution in [2.45, 2.75) is 33.5 Å². The molecule has 104 valence electrons. The van der Waals surface area contributed by atoms with E-state index in [2.05, 4.69) is 10.1 Å². The van der Waals surface area contributed by atoms with Crippen LogP contribution < -0.4 is 4.74 Å². The molecule has 1 atom stereocenters. The topological polar surface area (TPSA) is 49.2 Å². The summed E-state index contributed by atoms with van der Waals surface area (Å²) in [7, 11) is 3.60. The van der Waals surface area contributed by atoms with Gasteiger partial charge in [-0.3, -0.25) is 4.68 Å². The molecule has 0 saturated carbocycles. The van der Waals surface area contributed by atoms with Crippen molar-refractivity contribution in [2.75, 3.05) is 7.11 Å². The fraction of sp³-hybridized carbons (Fsp3) is 0.538. The molecule has 0 N–H and O–H groups in total. The monoisotopic (exact) mass is 281 g/mol. The van der Waals surface area contributed by atoms with Gasteiger partial charge in [-0.05, 0) is 20.8 Å². The van der Waals surface area contributed by atoms with Crippen LogP contribution in [-0.4, -0.2) is 21.9 Å². The zero-order chi connectivity index (χ0) is 14.0. The van der Waals surface area contributed by atoms with Gasteiger partial charge in [0.05, 0.1) is 11.4 Å². The van der Waals surface area contributed by atoms with Gasteiger partial charge in [-0.2, -0.15) is 5.10 Å². The third kappa shape index (κ3) is 2.96. The van der Waals surface area contributed by atoms with Gasteiger partial charge in [0.1, 0.15) is 23.4 Å².